The lowest BCUT2D eigenvalue weighted by Crippen LogP contribution is -2.47. The number of nitrogens with two attached hydrogens (primary N) is 1. The summed E-state index contributed by atoms with van der Waals surface area (Å²) in [6, 6.07) is 7.53. The maximum atomic E-state index is 11.0. The first-order valence-electron chi connectivity index (χ1n) is 7.13. The van der Waals surface area contributed by atoms with Crippen LogP contribution in [0.5, 0.6) is 0 Å². The van der Waals surface area contributed by atoms with Crippen LogP contribution in [0.2, 0.25) is 0 Å². The van der Waals surface area contributed by atoms with E-state index in [9.17, 15) is 4.79 Å². The molecule has 20 heavy (non-hydrogen) atoms. The lowest BCUT2D eigenvalue weighted by atomic mass is 10.1. The lowest BCUT2D eigenvalue weighted by molar-refractivity contribution is 0.100. The largest absolute Gasteiger partial charge is 0.395 e. The van der Waals surface area contributed by atoms with Gasteiger partial charge in [0.15, 0.2) is 0 Å². The van der Waals surface area contributed by atoms with Crippen LogP contribution in [0, 0.1) is 0 Å². The van der Waals surface area contributed by atoms with Gasteiger partial charge in [0.25, 0.3) is 0 Å². The van der Waals surface area contributed by atoms with Crippen molar-refractivity contribution < 1.29 is 9.90 Å². The molecular formula is C15H23N3O2. The molecule has 1 fully saturated rings. The van der Waals surface area contributed by atoms with Crippen molar-refractivity contribution >= 4 is 5.91 Å². The molecule has 1 aromatic rings. The van der Waals surface area contributed by atoms with Gasteiger partial charge in [-0.2, -0.15) is 0 Å². The number of piperazine rings is 1. The molecule has 0 bridgehead atoms. The number of primary amides is 1. The zero-order valence-corrected chi connectivity index (χ0v) is 11.8. The molecule has 0 aromatic heterocycles. The number of carbonyl (C=O) groups excluding carboxylic acids is 1. The molecule has 1 aromatic carbocycles. The molecule has 0 spiro atoms. The minimum Gasteiger partial charge on any atom is -0.395 e. The fourth-order valence-corrected chi connectivity index (χ4v) is 2.50. The highest BCUT2D eigenvalue weighted by atomic mass is 16.3. The molecule has 0 saturated carbocycles. The van der Waals surface area contributed by atoms with Crippen molar-refractivity contribution in [2.24, 2.45) is 5.73 Å². The minimum atomic E-state index is -0.378. The van der Waals surface area contributed by atoms with Gasteiger partial charge in [-0.15, -0.1) is 0 Å². The third kappa shape index (κ3) is 4.30. The van der Waals surface area contributed by atoms with Crippen molar-refractivity contribution in [3.05, 3.63) is 35.4 Å². The predicted octanol–water partition coefficient (Wildman–Crippen LogP) is -0.0621. The molecule has 5 nitrogen and oxygen atoms in total. The fraction of sp³-hybridized carbons (Fsp3) is 0.533. The molecule has 110 valence electrons. The summed E-state index contributed by atoms with van der Waals surface area (Å²) in [4.78, 5) is 15.7. The number of benzene rings is 1. The average Bonchev–Trinajstić information content (AvgIpc) is 2.47. The van der Waals surface area contributed by atoms with Crippen LogP contribution in [0.25, 0.3) is 0 Å². The van der Waals surface area contributed by atoms with Gasteiger partial charge in [-0.3, -0.25) is 9.69 Å². The van der Waals surface area contributed by atoms with Crippen LogP contribution >= 0.6 is 0 Å². The van der Waals surface area contributed by atoms with Crippen LogP contribution in [-0.2, 0) is 6.42 Å². The molecule has 3 N–H and O–H groups in total. The van der Waals surface area contributed by atoms with Crippen LogP contribution in [0.1, 0.15) is 15.9 Å². The molecule has 2 rings (SSSR count). The molecule has 1 saturated heterocycles. The summed E-state index contributed by atoms with van der Waals surface area (Å²) in [7, 11) is 0. The van der Waals surface area contributed by atoms with E-state index in [1.54, 1.807) is 12.1 Å². The molecule has 0 aliphatic carbocycles. The van der Waals surface area contributed by atoms with E-state index >= 15 is 0 Å². The highest BCUT2D eigenvalue weighted by molar-refractivity contribution is 5.92. The topological polar surface area (TPSA) is 69.8 Å². The molecule has 1 heterocycles. The Kier molecular flexibility index (Phi) is 5.52. The first-order valence-corrected chi connectivity index (χ1v) is 7.13. The summed E-state index contributed by atoms with van der Waals surface area (Å²) in [5.74, 6) is -0.378. The Morgan fingerprint density at radius 1 is 1.05 bits per heavy atom. The van der Waals surface area contributed by atoms with Crippen LogP contribution in [0.3, 0.4) is 0 Å². The Hall–Kier alpha value is -1.43. The number of nitrogens with zero attached hydrogens (tertiary/aromatic N) is 2. The van der Waals surface area contributed by atoms with Gasteiger partial charge >= 0.3 is 0 Å². The van der Waals surface area contributed by atoms with E-state index in [1.165, 1.54) is 5.56 Å². The van der Waals surface area contributed by atoms with Gasteiger partial charge in [-0.05, 0) is 24.1 Å². The second kappa shape index (κ2) is 7.38. The van der Waals surface area contributed by atoms with Gasteiger partial charge in [0.1, 0.15) is 0 Å². The summed E-state index contributed by atoms with van der Waals surface area (Å²) in [5.41, 5.74) is 7.01. The molecule has 1 amide bonds. The van der Waals surface area contributed by atoms with E-state index in [1.807, 2.05) is 12.1 Å². The molecule has 0 atom stereocenters. The Morgan fingerprint density at radius 3 is 2.10 bits per heavy atom. The van der Waals surface area contributed by atoms with Crippen molar-refractivity contribution in [3.63, 3.8) is 0 Å². The van der Waals surface area contributed by atoms with E-state index in [0.717, 1.165) is 45.7 Å². The van der Waals surface area contributed by atoms with Crippen LogP contribution < -0.4 is 5.73 Å². The van der Waals surface area contributed by atoms with Crippen molar-refractivity contribution in [2.45, 2.75) is 6.42 Å². The van der Waals surface area contributed by atoms with Crippen LogP contribution in [0.15, 0.2) is 24.3 Å². The fourth-order valence-electron chi connectivity index (χ4n) is 2.50. The van der Waals surface area contributed by atoms with E-state index < -0.39 is 0 Å². The quantitative estimate of drug-likeness (QED) is 0.764. The zero-order chi connectivity index (χ0) is 14.4. The first kappa shape index (κ1) is 15.0. The summed E-state index contributed by atoms with van der Waals surface area (Å²) in [6.45, 7) is 6.22. The van der Waals surface area contributed by atoms with Gasteiger partial charge in [0, 0.05) is 44.8 Å². The number of amides is 1. The second-order valence-corrected chi connectivity index (χ2v) is 5.22. The van der Waals surface area contributed by atoms with Gasteiger partial charge in [0.2, 0.25) is 5.91 Å². The number of aliphatic hydroxyl groups excluding tert-OH is 1. The normalized spacial score (nSPS) is 17.2. The summed E-state index contributed by atoms with van der Waals surface area (Å²) >= 11 is 0. The lowest BCUT2D eigenvalue weighted by Gasteiger charge is -2.34. The van der Waals surface area contributed by atoms with Crippen molar-refractivity contribution in [3.8, 4) is 0 Å². The maximum Gasteiger partial charge on any atom is 0.248 e. The number of β-amino-alcohol motifs (C(OH)–C–C–N with tert-alkyl or cyclic N) is 1. The molecule has 0 unspecified atom stereocenters. The maximum absolute atomic E-state index is 11.0. The van der Waals surface area contributed by atoms with Gasteiger partial charge < -0.3 is 15.7 Å². The SMILES string of the molecule is NC(=O)c1ccc(CCN2CCN(CCO)CC2)cc1. The Balaban J connectivity index is 1.74. The Morgan fingerprint density at radius 2 is 1.60 bits per heavy atom. The molecule has 1 aliphatic heterocycles. The van der Waals surface area contributed by atoms with Crippen molar-refractivity contribution in [1.82, 2.24) is 9.80 Å². The van der Waals surface area contributed by atoms with Gasteiger partial charge in [-0.25, -0.2) is 0 Å². The Bertz CT molecular complexity index is 425. The third-order valence-electron chi connectivity index (χ3n) is 3.84. The summed E-state index contributed by atoms with van der Waals surface area (Å²) < 4.78 is 0. The molecule has 5 heteroatoms. The number of hydrogen-bond donors (Lipinski definition) is 2. The molecule has 1 aliphatic rings. The molecular weight excluding hydrogens is 254 g/mol. The van der Waals surface area contributed by atoms with Gasteiger partial charge in [-0.1, -0.05) is 12.1 Å². The van der Waals surface area contributed by atoms with E-state index in [4.69, 9.17) is 10.8 Å². The smallest absolute Gasteiger partial charge is 0.248 e. The van der Waals surface area contributed by atoms with Crippen molar-refractivity contribution in [1.29, 1.82) is 0 Å². The summed E-state index contributed by atoms with van der Waals surface area (Å²) in [5, 5.41) is 8.91. The van der Waals surface area contributed by atoms with Gasteiger partial charge in [0.05, 0.1) is 6.61 Å². The number of aliphatic hydroxyl groups is 1. The molecule has 0 radical (unpaired) electrons. The highest BCUT2D eigenvalue weighted by Gasteiger charge is 2.15. The highest BCUT2D eigenvalue weighted by Crippen LogP contribution is 2.07. The van der Waals surface area contributed by atoms with E-state index in [2.05, 4.69) is 9.80 Å². The van der Waals surface area contributed by atoms with E-state index in [-0.39, 0.29) is 12.5 Å². The summed E-state index contributed by atoms with van der Waals surface area (Å²) in [6.07, 6.45) is 0.985. The predicted molar refractivity (Wildman–Crippen MR) is 78.6 cm³/mol. The third-order valence-corrected chi connectivity index (χ3v) is 3.84. The standard InChI is InChI=1S/C15H23N3O2/c16-15(20)14-3-1-13(2-4-14)5-6-17-7-9-18(10-8-17)11-12-19/h1-4,19H,5-12H2,(H2,16,20). The van der Waals surface area contributed by atoms with Crippen LogP contribution in [-0.4, -0.2) is 66.7 Å². The Labute approximate surface area is 120 Å². The number of rotatable bonds is 6. The number of carbonyl (C=O) groups is 1. The minimum absolute atomic E-state index is 0.242. The number of hydrogen-bond acceptors (Lipinski definition) is 4. The monoisotopic (exact) mass is 277 g/mol. The van der Waals surface area contributed by atoms with E-state index in [0.29, 0.717) is 5.56 Å². The van der Waals surface area contributed by atoms with Crippen LogP contribution in [0.4, 0.5) is 0 Å². The average molecular weight is 277 g/mol. The van der Waals surface area contributed by atoms with Crippen molar-refractivity contribution in [2.75, 3.05) is 45.9 Å². The first-order chi connectivity index (χ1) is 9.69. The second-order valence-electron chi connectivity index (χ2n) is 5.22. The zero-order valence-electron chi connectivity index (χ0n) is 11.8.